The summed E-state index contributed by atoms with van der Waals surface area (Å²) in [6.45, 7) is 1.07. The zero-order chi connectivity index (χ0) is 21.1. The third-order valence-corrected chi connectivity index (χ3v) is 5.94. The molecule has 0 atom stereocenters. The zero-order valence-corrected chi connectivity index (χ0v) is 17.7. The zero-order valence-electron chi connectivity index (χ0n) is 16.9. The molecule has 0 aliphatic heterocycles. The lowest BCUT2D eigenvalue weighted by atomic mass is 10.2. The van der Waals surface area contributed by atoms with Crippen LogP contribution in [0.3, 0.4) is 0 Å². The maximum atomic E-state index is 13.0. The van der Waals surface area contributed by atoms with Crippen LogP contribution in [-0.4, -0.2) is 32.8 Å². The minimum atomic E-state index is -0.0832. The first-order chi connectivity index (χ1) is 14.6. The Labute approximate surface area is 177 Å². The van der Waals surface area contributed by atoms with Crippen LogP contribution in [0.1, 0.15) is 12.2 Å². The molecule has 2 aromatic carbocycles. The van der Waals surface area contributed by atoms with Crippen LogP contribution in [-0.2, 0) is 24.1 Å². The van der Waals surface area contributed by atoms with Gasteiger partial charge in [-0.1, -0.05) is 36.0 Å². The van der Waals surface area contributed by atoms with Crippen molar-refractivity contribution < 1.29 is 4.74 Å². The Morgan fingerprint density at radius 2 is 1.57 bits per heavy atom. The van der Waals surface area contributed by atoms with Crippen molar-refractivity contribution in [1.82, 2.24) is 19.1 Å². The highest BCUT2D eigenvalue weighted by molar-refractivity contribution is 7.98. The monoisotopic (exact) mass is 422 g/mol. The highest BCUT2D eigenvalue weighted by Crippen LogP contribution is 2.22. The summed E-state index contributed by atoms with van der Waals surface area (Å²) >= 11 is 1.41. The summed E-state index contributed by atoms with van der Waals surface area (Å²) in [5, 5.41) is 1.79. The fraction of sp³-hybridized carbons (Fsp3) is 0.273. The van der Waals surface area contributed by atoms with Crippen LogP contribution in [0.2, 0.25) is 0 Å². The van der Waals surface area contributed by atoms with Crippen LogP contribution in [0.4, 0.5) is 0 Å². The summed E-state index contributed by atoms with van der Waals surface area (Å²) in [7, 11) is 3.36. The van der Waals surface area contributed by atoms with Crippen molar-refractivity contribution >= 4 is 33.6 Å². The van der Waals surface area contributed by atoms with E-state index in [4.69, 9.17) is 9.72 Å². The molecule has 0 unspecified atom stereocenters. The minimum Gasteiger partial charge on any atom is -0.385 e. The number of hydrogen-bond acceptors (Lipinski definition) is 6. The largest absolute Gasteiger partial charge is 0.385 e. The van der Waals surface area contributed by atoms with Crippen molar-refractivity contribution in [2.24, 2.45) is 7.05 Å². The second-order valence-corrected chi connectivity index (χ2v) is 7.86. The number of nitrogens with zero attached hydrogens (tertiary/aromatic N) is 4. The fourth-order valence-corrected chi connectivity index (χ4v) is 4.35. The van der Waals surface area contributed by atoms with Gasteiger partial charge >= 0.3 is 0 Å². The molecule has 0 saturated heterocycles. The summed E-state index contributed by atoms with van der Waals surface area (Å²) in [6, 6.07) is 14.6. The highest BCUT2D eigenvalue weighted by Gasteiger charge is 2.14. The SMILES string of the molecule is COCCCn1c(SCc2nc3ccccc3c(=O)n2C)nc2ccccc2c1=O. The number of aromatic nitrogens is 4. The van der Waals surface area contributed by atoms with E-state index in [1.807, 2.05) is 36.4 Å². The smallest absolute Gasteiger partial charge is 0.262 e. The van der Waals surface area contributed by atoms with Gasteiger partial charge in [-0.2, -0.15) is 0 Å². The molecule has 0 N–H and O–H groups in total. The van der Waals surface area contributed by atoms with E-state index >= 15 is 0 Å². The number of thioether (sulfide) groups is 1. The molecule has 2 aromatic heterocycles. The Morgan fingerprint density at radius 1 is 0.933 bits per heavy atom. The summed E-state index contributed by atoms with van der Waals surface area (Å²) in [4.78, 5) is 35.1. The number of fused-ring (bicyclic) bond motifs is 2. The molecule has 7 nitrogen and oxygen atoms in total. The van der Waals surface area contributed by atoms with E-state index in [-0.39, 0.29) is 11.1 Å². The topological polar surface area (TPSA) is 79.0 Å². The summed E-state index contributed by atoms with van der Waals surface area (Å²) in [5.41, 5.74) is 1.17. The van der Waals surface area contributed by atoms with Crippen molar-refractivity contribution in [3.05, 3.63) is 75.1 Å². The quantitative estimate of drug-likeness (QED) is 0.259. The predicted octanol–water partition coefficient (Wildman–Crippen LogP) is 2.97. The molecule has 0 aliphatic rings. The van der Waals surface area contributed by atoms with E-state index in [0.717, 1.165) is 0 Å². The van der Waals surface area contributed by atoms with Gasteiger partial charge in [0.15, 0.2) is 5.16 Å². The Hall–Kier alpha value is -2.97. The van der Waals surface area contributed by atoms with Crippen molar-refractivity contribution in [3.63, 3.8) is 0 Å². The molecule has 2 heterocycles. The molecule has 0 spiro atoms. The Kier molecular flexibility index (Phi) is 5.96. The van der Waals surface area contributed by atoms with Crippen molar-refractivity contribution in [3.8, 4) is 0 Å². The average Bonchev–Trinajstić information content (AvgIpc) is 2.77. The van der Waals surface area contributed by atoms with Crippen molar-refractivity contribution in [2.75, 3.05) is 13.7 Å². The van der Waals surface area contributed by atoms with Crippen LogP contribution in [0, 0.1) is 0 Å². The molecule has 154 valence electrons. The molecule has 0 fully saturated rings. The van der Waals surface area contributed by atoms with E-state index in [1.165, 1.54) is 11.8 Å². The second-order valence-electron chi connectivity index (χ2n) is 6.91. The van der Waals surface area contributed by atoms with Crippen LogP contribution in [0.25, 0.3) is 21.8 Å². The first kappa shape index (κ1) is 20.3. The molecule has 8 heteroatoms. The lowest BCUT2D eigenvalue weighted by molar-refractivity contribution is 0.189. The second kappa shape index (κ2) is 8.81. The Morgan fingerprint density at radius 3 is 2.27 bits per heavy atom. The van der Waals surface area contributed by atoms with Crippen LogP contribution in [0.15, 0.2) is 63.3 Å². The minimum absolute atomic E-state index is 0.0698. The third kappa shape index (κ3) is 3.88. The Balaban J connectivity index is 1.72. The van der Waals surface area contributed by atoms with E-state index < -0.39 is 0 Å². The first-order valence-electron chi connectivity index (χ1n) is 9.66. The molecular weight excluding hydrogens is 400 g/mol. The van der Waals surface area contributed by atoms with E-state index in [9.17, 15) is 9.59 Å². The highest BCUT2D eigenvalue weighted by atomic mass is 32.2. The van der Waals surface area contributed by atoms with Gasteiger partial charge in [-0.3, -0.25) is 18.7 Å². The number of ether oxygens (including phenoxy) is 1. The van der Waals surface area contributed by atoms with Gasteiger partial charge in [-0.15, -0.1) is 0 Å². The van der Waals surface area contributed by atoms with E-state index in [0.29, 0.717) is 58.1 Å². The number of benzene rings is 2. The number of hydrogen-bond donors (Lipinski definition) is 0. The van der Waals surface area contributed by atoms with Crippen LogP contribution in [0.5, 0.6) is 0 Å². The molecule has 4 rings (SSSR count). The van der Waals surface area contributed by atoms with Crippen LogP contribution >= 0.6 is 11.8 Å². The van der Waals surface area contributed by atoms with Crippen LogP contribution < -0.4 is 11.1 Å². The molecule has 0 saturated carbocycles. The fourth-order valence-electron chi connectivity index (χ4n) is 3.34. The first-order valence-corrected chi connectivity index (χ1v) is 10.6. The van der Waals surface area contributed by atoms with Gasteiger partial charge in [0.25, 0.3) is 11.1 Å². The molecule has 0 amide bonds. The maximum Gasteiger partial charge on any atom is 0.262 e. The van der Waals surface area contributed by atoms with Gasteiger partial charge in [0.2, 0.25) is 0 Å². The number of para-hydroxylation sites is 2. The molecule has 0 bridgehead atoms. The lowest BCUT2D eigenvalue weighted by Gasteiger charge is -2.14. The van der Waals surface area contributed by atoms with Gasteiger partial charge in [0.05, 0.1) is 27.6 Å². The summed E-state index contributed by atoms with van der Waals surface area (Å²) < 4.78 is 8.38. The molecular formula is C22H22N4O3S. The molecule has 0 aliphatic carbocycles. The van der Waals surface area contributed by atoms with Crippen molar-refractivity contribution in [2.45, 2.75) is 23.9 Å². The maximum absolute atomic E-state index is 13.0. The van der Waals surface area contributed by atoms with Gasteiger partial charge in [-0.25, -0.2) is 9.97 Å². The predicted molar refractivity (Wildman–Crippen MR) is 119 cm³/mol. The summed E-state index contributed by atoms with van der Waals surface area (Å²) in [6.07, 6.45) is 0.705. The lowest BCUT2D eigenvalue weighted by Crippen LogP contribution is -2.25. The van der Waals surface area contributed by atoms with E-state index in [2.05, 4.69) is 4.98 Å². The van der Waals surface area contributed by atoms with E-state index in [1.54, 1.807) is 35.4 Å². The number of rotatable bonds is 7. The number of methoxy groups -OCH3 is 1. The third-order valence-electron chi connectivity index (χ3n) is 4.96. The standard InChI is InChI=1S/C22H22N4O3S/c1-25-19(23-17-10-5-3-8-15(17)20(25)27)14-30-22-24-18-11-6-4-9-16(18)21(28)26(22)12-7-13-29-2/h3-6,8-11H,7,12-14H2,1-2H3. The average molecular weight is 423 g/mol. The van der Waals surface area contributed by atoms with Gasteiger partial charge < -0.3 is 4.74 Å². The van der Waals surface area contributed by atoms with Gasteiger partial charge in [-0.05, 0) is 30.7 Å². The molecule has 0 radical (unpaired) electrons. The van der Waals surface area contributed by atoms with Gasteiger partial charge in [0.1, 0.15) is 5.82 Å². The Bertz CT molecular complexity index is 1330. The normalized spacial score (nSPS) is 11.4. The molecule has 30 heavy (non-hydrogen) atoms. The van der Waals surface area contributed by atoms with Crippen molar-refractivity contribution in [1.29, 1.82) is 0 Å². The van der Waals surface area contributed by atoms with Gasteiger partial charge in [0, 0.05) is 27.3 Å². The summed E-state index contributed by atoms with van der Waals surface area (Å²) in [5.74, 6) is 1.06. The molecule has 4 aromatic rings.